The molecule has 0 unspecified atom stereocenters. The standard InChI is InChI=1S/C19H18ClNO2S/c1-19(2)10-7-13(19)12(9-22)14(8-10)21-18(23)17-16(20)11-5-3-4-6-15(11)24-17/h3-6,8-10,12-13H,7H2,1-2H3,(H,21,23)/t10-,12-,13+/m1/s1. The Bertz CT molecular complexity index is 883. The second-order valence-corrected chi connectivity index (χ2v) is 8.68. The number of halogens is 1. The summed E-state index contributed by atoms with van der Waals surface area (Å²) in [6, 6.07) is 7.70. The van der Waals surface area contributed by atoms with E-state index in [-0.39, 0.29) is 17.2 Å². The van der Waals surface area contributed by atoms with Crippen molar-refractivity contribution in [2.24, 2.45) is 23.2 Å². The normalized spacial score (nSPS) is 27.3. The lowest BCUT2D eigenvalue weighted by molar-refractivity contribution is -0.119. The molecule has 3 nitrogen and oxygen atoms in total. The lowest BCUT2D eigenvalue weighted by atomic mass is 9.47. The Labute approximate surface area is 149 Å². The van der Waals surface area contributed by atoms with Crippen molar-refractivity contribution < 1.29 is 9.59 Å². The van der Waals surface area contributed by atoms with Gasteiger partial charge in [0.25, 0.3) is 5.91 Å². The van der Waals surface area contributed by atoms with Gasteiger partial charge in [0.05, 0.1) is 10.9 Å². The number of benzene rings is 1. The van der Waals surface area contributed by atoms with Crippen LogP contribution in [0.4, 0.5) is 0 Å². The number of carbonyl (C=O) groups excluding carboxylic acids is 2. The van der Waals surface area contributed by atoms with E-state index in [1.54, 1.807) is 0 Å². The largest absolute Gasteiger partial charge is 0.325 e. The van der Waals surface area contributed by atoms with Crippen LogP contribution in [0.5, 0.6) is 0 Å². The second-order valence-electron chi connectivity index (χ2n) is 7.25. The number of carbonyl (C=O) groups is 2. The predicted molar refractivity (Wildman–Crippen MR) is 97.3 cm³/mol. The van der Waals surface area contributed by atoms with Crippen LogP contribution in [0.25, 0.3) is 10.1 Å². The van der Waals surface area contributed by atoms with Gasteiger partial charge >= 0.3 is 0 Å². The first-order chi connectivity index (χ1) is 11.4. The molecule has 1 aromatic heterocycles. The van der Waals surface area contributed by atoms with Crippen LogP contribution < -0.4 is 5.32 Å². The first-order valence-electron chi connectivity index (χ1n) is 8.09. The number of rotatable bonds is 3. The molecule has 2 aromatic rings. The lowest BCUT2D eigenvalue weighted by Crippen LogP contribution is -2.54. The molecule has 1 fully saturated rings. The fraction of sp³-hybridized carbons (Fsp3) is 0.368. The number of hydrogen-bond acceptors (Lipinski definition) is 3. The molecule has 0 saturated heterocycles. The minimum absolute atomic E-state index is 0.134. The minimum atomic E-state index is -0.234. The van der Waals surface area contributed by atoms with Crippen molar-refractivity contribution in [1.29, 1.82) is 0 Å². The smallest absolute Gasteiger partial charge is 0.267 e. The molecule has 5 heteroatoms. The molecule has 1 N–H and O–H groups in total. The Morgan fingerprint density at radius 3 is 2.79 bits per heavy atom. The maximum atomic E-state index is 12.7. The first-order valence-corrected chi connectivity index (χ1v) is 9.28. The molecule has 0 aliphatic heterocycles. The van der Waals surface area contributed by atoms with Gasteiger partial charge in [0.2, 0.25) is 0 Å². The third-order valence-electron chi connectivity index (χ3n) is 5.74. The Kier molecular flexibility index (Phi) is 3.59. The van der Waals surface area contributed by atoms with Crippen LogP contribution >= 0.6 is 22.9 Å². The fourth-order valence-electron chi connectivity index (χ4n) is 4.07. The van der Waals surface area contributed by atoms with E-state index in [9.17, 15) is 9.59 Å². The number of hydrogen-bond donors (Lipinski definition) is 1. The van der Waals surface area contributed by atoms with Gasteiger partial charge in [0.15, 0.2) is 0 Å². The van der Waals surface area contributed by atoms with E-state index in [2.05, 4.69) is 25.2 Å². The zero-order chi connectivity index (χ0) is 17.1. The van der Waals surface area contributed by atoms with E-state index in [0.717, 1.165) is 28.5 Å². The van der Waals surface area contributed by atoms with Crippen molar-refractivity contribution in [1.82, 2.24) is 5.32 Å². The highest BCUT2D eigenvalue weighted by Crippen LogP contribution is 2.59. The zero-order valence-corrected chi connectivity index (χ0v) is 15.1. The summed E-state index contributed by atoms with van der Waals surface area (Å²) in [5.41, 5.74) is 0.874. The number of aldehydes is 1. The molecule has 1 saturated carbocycles. The average Bonchev–Trinajstić information content (AvgIpc) is 2.92. The monoisotopic (exact) mass is 359 g/mol. The summed E-state index contributed by atoms with van der Waals surface area (Å²) in [5.74, 6) is 0.269. The van der Waals surface area contributed by atoms with E-state index in [0.29, 0.717) is 21.7 Å². The SMILES string of the molecule is CC1(C)[C@H]2C=C(NC(=O)c3sc4ccccc4c3Cl)[C@H](C=O)[C@@H]1C2. The van der Waals surface area contributed by atoms with Crippen molar-refractivity contribution in [3.8, 4) is 0 Å². The second kappa shape index (κ2) is 5.43. The van der Waals surface area contributed by atoms with Gasteiger partial charge in [-0.1, -0.05) is 49.7 Å². The number of nitrogens with one attached hydrogen (secondary N) is 1. The third kappa shape index (κ3) is 2.16. The van der Waals surface area contributed by atoms with Gasteiger partial charge in [0.1, 0.15) is 11.2 Å². The van der Waals surface area contributed by atoms with Crippen molar-refractivity contribution in [3.05, 3.63) is 45.9 Å². The van der Waals surface area contributed by atoms with E-state index in [1.807, 2.05) is 24.3 Å². The van der Waals surface area contributed by atoms with Crippen LogP contribution in [-0.4, -0.2) is 12.2 Å². The summed E-state index contributed by atoms with van der Waals surface area (Å²) in [7, 11) is 0. The number of amides is 1. The average molecular weight is 360 g/mol. The molecule has 1 aromatic carbocycles. The number of thiophene rings is 1. The highest BCUT2D eigenvalue weighted by molar-refractivity contribution is 7.21. The Balaban J connectivity index is 1.64. The lowest BCUT2D eigenvalue weighted by Gasteiger charge is -2.57. The van der Waals surface area contributed by atoms with Crippen molar-refractivity contribution in [3.63, 3.8) is 0 Å². The highest BCUT2D eigenvalue weighted by atomic mass is 35.5. The van der Waals surface area contributed by atoms with Crippen molar-refractivity contribution in [2.45, 2.75) is 20.3 Å². The zero-order valence-electron chi connectivity index (χ0n) is 13.5. The van der Waals surface area contributed by atoms with Crippen molar-refractivity contribution in [2.75, 3.05) is 0 Å². The van der Waals surface area contributed by atoms with Crippen LogP contribution in [0.15, 0.2) is 36.0 Å². The fourth-order valence-corrected chi connectivity index (χ4v) is 5.49. The molecular weight excluding hydrogens is 342 g/mol. The summed E-state index contributed by atoms with van der Waals surface area (Å²) in [4.78, 5) is 24.8. The van der Waals surface area contributed by atoms with Crippen LogP contribution in [0, 0.1) is 23.2 Å². The molecule has 124 valence electrons. The van der Waals surface area contributed by atoms with Crippen LogP contribution in [0.3, 0.4) is 0 Å². The van der Waals surface area contributed by atoms with Gasteiger partial charge < -0.3 is 10.1 Å². The summed E-state index contributed by atoms with van der Waals surface area (Å²) in [6.45, 7) is 4.39. The molecule has 3 atom stereocenters. The topological polar surface area (TPSA) is 46.2 Å². The van der Waals surface area contributed by atoms with Crippen molar-refractivity contribution >= 4 is 45.2 Å². The molecular formula is C19H18ClNO2S. The van der Waals surface area contributed by atoms with Gasteiger partial charge in [-0.15, -0.1) is 11.3 Å². The summed E-state index contributed by atoms with van der Waals surface area (Å²) < 4.78 is 0.987. The molecule has 2 bridgehead atoms. The number of fused-ring (bicyclic) bond motifs is 2. The molecule has 24 heavy (non-hydrogen) atoms. The Morgan fingerprint density at radius 1 is 1.38 bits per heavy atom. The van der Waals surface area contributed by atoms with Crippen LogP contribution in [0.2, 0.25) is 5.02 Å². The summed E-state index contributed by atoms with van der Waals surface area (Å²) in [6.07, 6.45) is 4.07. The third-order valence-corrected chi connectivity index (χ3v) is 7.41. The van der Waals surface area contributed by atoms with Gasteiger partial charge in [-0.25, -0.2) is 0 Å². The van der Waals surface area contributed by atoms with E-state index in [4.69, 9.17) is 11.6 Å². The molecule has 0 radical (unpaired) electrons. The van der Waals surface area contributed by atoms with Crippen LogP contribution in [-0.2, 0) is 4.79 Å². The van der Waals surface area contributed by atoms with Gasteiger partial charge in [0, 0.05) is 15.8 Å². The summed E-state index contributed by atoms with van der Waals surface area (Å²) >= 11 is 7.76. The number of allylic oxidation sites excluding steroid dienone is 2. The molecule has 3 aliphatic carbocycles. The molecule has 1 heterocycles. The van der Waals surface area contributed by atoms with E-state index < -0.39 is 0 Å². The molecule has 5 rings (SSSR count). The molecule has 3 aliphatic rings. The predicted octanol–water partition coefficient (Wildman–Crippen LogP) is 4.66. The quantitative estimate of drug-likeness (QED) is 0.810. The van der Waals surface area contributed by atoms with Crippen LogP contribution in [0.1, 0.15) is 29.9 Å². The first kappa shape index (κ1) is 15.9. The summed E-state index contributed by atoms with van der Waals surface area (Å²) in [5, 5.41) is 4.33. The van der Waals surface area contributed by atoms with Gasteiger partial charge in [-0.3, -0.25) is 4.79 Å². The highest BCUT2D eigenvalue weighted by Gasteiger charge is 2.54. The molecule has 0 spiro atoms. The maximum Gasteiger partial charge on any atom is 0.267 e. The van der Waals surface area contributed by atoms with Gasteiger partial charge in [-0.2, -0.15) is 0 Å². The van der Waals surface area contributed by atoms with E-state index >= 15 is 0 Å². The Morgan fingerprint density at radius 2 is 2.12 bits per heavy atom. The van der Waals surface area contributed by atoms with Gasteiger partial charge in [-0.05, 0) is 29.7 Å². The molecule has 1 amide bonds. The maximum absolute atomic E-state index is 12.7. The Hall–Kier alpha value is -1.65. The minimum Gasteiger partial charge on any atom is -0.325 e. The van der Waals surface area contributed by atoms with E-state index in [1.165, 1.54) is 11.3 Å².